The molecule has 7 heterocycles. The summed E-state index contributed by atoms with van der Waals surface area (Å²) in [5, 5.41) is 11.7. The number of halogens is 1. The van der Waals surface area contributed by atoms with E-state index in [2.05, 4.69) is 79.4 Å². The highest BCUT2D eigenvalue weighted by Gasteiger charge is 2.31. The van der Waals surface area contributed by atoms with E-state index in [0.29, 0.717) is 62.9 Å². The normalized spacial score (nSPS) is 19.6. The first kappa shape index (κ1) is 42.5. The summed E-state index contributed by atoms with van der Waals surface area (Å²) in [5.41, 5.74) is 8.12. The van der Waals surface area contributed by atoms with Crippen LogP contribution in [0, 0.1) is 5.82 Å². The number of carbonyl (C=O) groups excluding carboxylic acids is 4. The predicted octanol–water partition coefficient (Wildman–Crippen LogP) is 5.98. The lowest BCUT2D eigenvalue weighted by molar-refractivity contribution is -0.139. The molecule has 10 rings (SSSR count). The topological polar surface area (TPSA) is 149 Å². The Labute approximate surface area is 376 Å². The fourth-order valence-electron chi connectivity index (χ4n) is 10.2. The van der Waals surface area contributed by atoms with Gasteiger partial charge in [0.25, 0.3) is 11.8 Å². The SMILES string of the molecule is Cn1c(CN2CCC(c3ccc(C(=O)N4CCN(C(=O)CN5CCC(c6ccc(OC7CCC(=O)NC7=O)cc6F)CC5)CC4)cc3)CC2)cc2c(-c3ccc4[nH]ncc4c3)ccnc21. The number of pyridine rings is 1. The zero-order chi connectivity index (χ0) is 44.6. The summed E-state index contributed by atoms with van der Waals surface area (Å²) in [6.07, 6.45) is 6.92. The van der Waals surface area contributed by atoms with Crippen LogP contribution >= 0.6 is 0 Å². The molecular weight excluding hydrogens is 826 g/mol. The van der Waals surface area contributed by atoms with Crippen molar-refractivity contribution >= 4 is 45.6 Å². The van der Waals surface area contributed by atoms with Gasteiger partial charge >= 0.3 is 0 Å². The summed E-state index contributed by atoms with van der Waals surface area (Å²) in [6, 6.07) is 23.7. The number of fused-ring (bicyclic) bond motifs is 2. The van der Waals surface area contributed by atoms with Crippen molar-refractivity contribution in [1.29, 1.82) is 0 Å². The van der Waals surface area contributed by atoms with Gasteiger partial charge in [0.15, 0.2) is 6.10 Å². The van der Waals surface area contributed by atoms with Gasteiger partial charge in [0.2, 0.25) is 11.8 Å². The van der Waals surface area contributed by atoms with E-state index in [1.165, 1.54) is 22.9 Å². The number of piperazine rings is 1. The molecule has 65 heavy (non-hydrogen) atoms. The molecule has 1 atom stereocenters. The smallest absolute Gasteiger partial charge is 0.267 e. The van der Waals surface area contributed by atoms with Gasteiger partial charge in [0, 0.05) is 86.9 Å². The number of amides is 4. The molecule has 0 aliphatic carbocycles. The molecule has 2 N–H and O–H groups in total. The molecule has 6 aromatic rings. The molecule has 4 aliphatic rings. The maximum Gasteiger partial charge on any atom is 0.267 e. The van der Waals surface area contributed by atoms with Gasteiger partial charge in [-0.05, 0) is 128 Å². The van der Waals surface area contributed by atoms with Crippen LogP contribution in [0.25, 0.3) is 33.1 Å². The lowest BCUT2D eigenvalue weighted by Crippen LogP contribution is -2.53. The Morgan fingerprint density at radius 3 is 2.29 bits per heavy atom. The minimum atomic E-state index is -0.819. The summed E-state index contributed by atoms with van der Waals surface area (Å²) in [5.74, 6) is -0.455. The Balaban J connectivity index is 0.660. The lowest BCUT2D eigenvalue weighted by atomic mass is 9.89. The second-order valence-corrected chi connectivity index (χ2v) is 18.1. The van der Waals surface area contributed by atoms with Crippen molar-refractivity contribution in [2.75, 3.05) is 58.9 Å². The van der Waals surface area contributed by atoms with E-state index in [4.69, 9.17) is 9.72 Å². The van der Waals surface area contributed by atoms with Crippen LogP contribution in [0.1, 0.15) is 77.5 Å². The molecule has 1 unspecified atom stereocenters. The molecule has 336 valence electrons. The number of carbonyl (C=O) groups is 4. The molecule has 15 heteroatoms. The fraction of sp³-hybridized carbons (Fsp3) is 0.400. The number of benzene rings is 3. The molecule has 0 spiro atoms. The first-order chi connectivity index (χ1) is 31.6. The van der Waals surface area contributed by atoms with E-state index in [1.54, 1.807) is 12.1 Å². The number of nitrogens with one attached hydrogen (secondary N) is 2. The van der Waals surface area contributed by atoms with Gasteiger partial charge in [-0.15, -0.1) is 0 Å². The zero-order valence-corrected chi connectivity index (χ0v) is 36.7. The fourth-order valence-corrected chi connectivity index (χ4v) is 10.2. The molecule has 4 aliphatic heterocycles. The first-order valence-electron chi connectivity index (χ1n) is 22.9. The molecule has 4 saturated heterocycles. The van der Waals surface area contributed by atoms with Gasteiger partial charge in [0.1, 0.15) is 17.2 Å². The lowest BCUT2D eigenvalue weighted by Gasteiger charge is -2.37. The van der Waals surface area contributed by atoms with Crippen molar-refractivity contribution in [3.63, 3.8) is 0 Å². The third-order valence-electron chi connectivity index (χ3n) is 14.1. The number of H-pyrrole nitrogens is 1. The number of aromatic amines is 1. The summed E-state index contributed by atoms with van der Waals surface area (Å²) in [4.78, 5) is 63.5. The van der Waals surface area contributed by atoms with Crippen LogP contribution in [-0.4, -0.2) is 128 Å². The molecule has 14 nitrogen and oxygen atoms in total. The molecule has 0 bridgehead atoms. The molecular formula is C50H54FN9O5. The van der Waals surface area contributed by atoms with Crippen molar-refractivity contribution in [3.8, 4) is 16.9 Å². The quantitative estimate of drug-likeness (QED) is 0.159. The van der Waals surface area contributed by atoms with E-state index < -0.39 is 12.0 Å². The third-order valence-corrected chi connectivity index (χ3v) is 14.1. The number of rotatable bonds is 10. The van der Waals surface area contributed by atoms with Gasteiger partial charge in [-0.25, -0.2) is 9.37 Å². The van der Waals surface area contributed by atoms with E-state index in [9.17, 15) is 19.2 Å². The Bertz CT molecular complexity index is 2740. The minimum Gasteiger partial charge on any atom is -0.480 e. The van der Waals surface area contributed by atoms with Crippen molar-refractivity contribution in [2.24, 2.45) is 7.05 Å². The molecule has 3 aromatic heterocycles. The Kier molecular flexibility index (Phi) is 11.9. The molecule has 0 saturated carbocycles. The first-order valence-corrected chi connectivity index (χ1v) is 22.9. The minimum absolute atomic E-state index is 0.00188. The summed E-state index contributed by atoms with van der Waals surface area (Å²) < 4.78 is 23.1. The number of nitrogens with zero attached hydrogens (tertiary/aromatic N) is 7. The molecule has 3 aromatic carbocycles. The number of hydrogen-bond acceptors (Lipinski definition) is 9. The van der Waals surface area contributed by atoms with Crippen LogP contribution in [0.3, 0.4) is 0 Å². The highest BCUT2D eigenvalue weighted by molar-refractivity contribution is 6.00. The number of aromatic nitrogens is 4. The molecule has 0 radical (unpaired) electrons. The largest absolute Gasteiger partial charge is 0.480 e. The number of piperidine rings is 3. The monoisotopic (exact) mass is 879 g/mol. The average molecular weight is 880 g/mol. The Morgan fingerprint density at radius 2 is 1.54 bits per heavy atom. The summed E-state index contributed by atoms with van der Waals surface area (Å²) in [6.45, 7) is 6.47. The van der Waals surface area contributed by atoms with Crippen LogP contribution in [0.5, 0.6) is 5.75 Å². The van der Waals surface area contributed by atoms with Crippen LogP contribution in [0.15, 0.2) is 85.2 Å². The average Bonchev–Trinajstić information content (AvgIpc) is 3.93. The van der Waals surface area contributed by atoms with Gasteiger partial charge in [-0.2, -0.15) is 5.10 Å². The van der Waals surface area contributed by atoms with Crippen molar-refractivity contribution in [1.82, 2.24) is 44.7 Å². The summed E-state index contributed by atoms with van der Waals surface area (Å²) in [7, 11) is 2.11. The van der Waals surface area contributed by atoms with Crippen molar-refractivity contribution in [3.05, 3.63) is 113 Å². The maximum atomic E-state index is 15.2. The van der Waals surface area contributed by atoms with E-state index in [-0.39, 0.29) is 48.0 Å². The van der Waals surface area contributed by atoms with Gasteiger partial charge in [-0.1, -0.05) is 24.3 Å². The maximum absolute atomic E-state index is 15.2. The number of imide groups is 1. The second-order valence-electron chi connectivity index (χ2n) is 18.1. The van der Waals surface area contributed by atoms with E-state index in [1.807, 2.05) is 34.3 Å². The van der Waals surface area contributed by atoms with Gasteiger partial charge < -0.3 is 19.1 Å². The van der Waals surface area contributed by atoms with Gasteiger partial charge in [0.05, 0.1) is 18.3 Å². The van der Waals surface area contributed by atoms with Gasteiger partial charge in [-0.3, -0.25) is 39.4 Å². The van der Waals surface area contributed by atoms with E-state index in [0.717, 1.165) is 72.8 Å². The number of aryl methyl sites for hydroxylation is 1. The highest BCUT2D eigenvalue weighted by atomic mass is 19.1. The Morgan fingerprint density at radius 1 is 0.800 bits per heavy atom. The standard InChI is InChI=1S/C50H54FN9O5/c1-56-38(27-42-40(12-17-52-48(42)56)36-6-9-44-37(26-36)29-53-55-44)30-57-18-13-33(14-19-57)32-2-4-35(5-3-32)50(64)60-24-22-59(23-25-60)47(62)31-58-20-15-34(16-21-58)41-8-7-39(28-43(41)51)65-45-10-11-46(61)54-49(45)63/h2-9,12,17,26-29,33-34,45H,10-11,13-16,18-25,30-31H2,1H3,(H,53,55)(H,54,61,63). The van der Waals surface area contributed by atoms with E-state index >= 15 is 4.39 Å². The number of ether oxygens (including phenoxy) is 1. The predicted molar refractivity (Wildman–Crippen MR) is 244 cm³/mol. The summed E-state index contributed by atoms with van der Waals surface area (Å²) >= 11 is 0. The Hall–Kier alpha value is -6.45. The van der Waals surface area contributed by atoms with Crippen molar-refractivity contribution in [2.45, 2.75) is 63.0 Å². The van der Waals surface area contributed by atoms with Crippen molar-refractivity contribution < 1.29 is 28.3 Å². The zero-order valence-electron chi connectivity index (χ0n) is 36.7. The van der Waals surface area contributed by atoms with Crippen LogP contribution in [-0.2, 0) is 28.0 Å². The van der Waals surface area contributed by atoms with Crippen LogP contribution in [0.2, 0.25) is 0 Å². The molecule has 4 amide bonds. The number of hydrogen-bond donors (Lipinski definition) is 2. The van der Waals surface area contributed by atoms with Crippen LogP contribution < -0.4 is 10.1 Å². The highest BCUT2D eigenvalue weighted by Crippen LogP contribution is 2.35. The second kappa shape index (κ2) is 18.2. The third kappa shape index (κ3) is 8.99. The molecule has 4 fully saturated rings. The van der Waals surface area contributed by atoms with Crippen LogP contribution in [0.4, 0.5) is 4.39 Å². The number of likely N-dealkylation sites (tertiary alicyclic amines) is 2.